The summed E-state index contributed by atoms with van der Waals surface area (Å²) in [6.45, 7) is 3.44. The molecule has 0 N–H and O–H groups in total. The van der Waals surface area contributed by atoms with Crippen molar-refractivity contribution in [2.45, 2.75) is 51.4 Å². The first-order valence-corrected chi connectivity index (χ1v) is 11.2. The third-order valence-electron chi connectivity index (χ3n) is 6.19. The Balaban J connectivity index is 1.27. The maximum absolute atomic E-state index is 12.7. The van der Waals surface area contributed by atoms with E-state index >= 15 is 0 Å². The number of hydrogen-bond acceptors (Lipinski definition) is 5. The Labute approximate surface area is 182 Å². The second kappa shape index (κ2) is 8.53. The Morgan fingerprint density at radius 2 is 1.97 bits per heavy atom. The third kappa shape index (κ3) is 4.07. The fourth-order valence-corrected chi connectivity index (χ4v) is 4.40. The highest BCUT2D eigenvalue weighted by Gasteiger charge is 2.35. The molecule has 1 saturated heterocycles. The molecule has 1 atom stereocenters. The van der Waals surface area contributed by atoms with E-state index in [1.807, 2.05) is 29.2 Å². The summed E-state index contributed by atoms with van der Waals surface area (Å²) in [6, 6.07) is 14.1. The second-order valence-corrected chi connectivity index (χ2v) is 8.39. The number of hydrogen-bond donors (Lipinski definition) is 0. The van der Waals surface area contributed by atoms with Crippen LogP contribution in [0.1, 0.15) is 55.5 Å². The molecule has 1 unspecified atom stereocenters. The molecule has 0 spiro atoms. The number of rotatable bonds is 7. The Morgan fingerprint density at radius 1 is 1.13 bits per heavy atom. The van der Waals surface area contributed by atoms with E-state index in [0.717, 1.165) is 49.3 Å². The molecule has 1 amide bonds. The van der Waals surface area contributed by atoms with Gasteiger partial charge >= 0.3 is 0 Å². The van der Waals surface area contributed by atoms with Gasteiger partial charge in [-0.2, -0.15) is 4.98 Å². The van der Waals surface area contributed by atoms with Gasteiger partial charge in [-0.1, -0.05) is 24.6 Å². The zero-order valence-electron chi connectivity index (χ0n) is 17.8. The van der Waals surface area contributed by atoms with E-state index in [2.05, 4.69) is 35.3 Å². The van der Waals surface area contributed by atoms with Crippen LogP contribution in [0.3, 0.4) is 0 Å². The molecular weight excluding hydrogens is 390 g/mol. The van der Waals surface area contributed by atoms with Gasteiger partial charge in [-0.3, -0.25) is 4.79 Å². The largest absolute Gasteiger partial charge is 0.494 e. The summed E-state index contributed by atoms with van der Waals surface area (Å²) < 4.78 is 11.3. The minimum atomic E-state index is -0.0846. The molecule has 1 aliphatic heterocycles. The number of aryl methyl sites for hydroxylation is 2. The quantitative estimate of drug-likeness (QED) is 0.510. The number of aromatic nitrogens is 2. The number of amides is 1. The lowest BCUT2D eigenvalue weighted by Gasteiger charge is -2.17. The molecule has 6 nitrogen and oxygen atoms in total. The molecule has 1 aliphatic carbocycles. The number of ether oxygens (including phenoxy) is 1. The van der Waals surface area contributed by atoms with Crippen LogP contribution in [0.2, 0.25) is 0 Å². The average molecular weight is 418 g/mol. The van der Waals surface area contributed by atoms with E-state index < -0.39 is 0 Å². The number of nitrogens with zero attached hydrogens (tertiary/aromatic N) is 3. The van der Waals surface area contributed by atoms with Crippen LogP contribution in [-0.4, -0.2) is 29.2 Å². The van der Waals surface area contributed by atoms with Gasteiger partial charge < -0.3 is 14.2 Å². The zero-order chi connectivity index (χ0) is 21.2. The van der Waals surface area contributed by atoms with Crippen LogP contribution in [0.4, 0.5) is 5.69 Å². The lowest BCUT2D eigenvalue weighted by atomic mass is 10.1. The number of benzene rings is 2. The molecule has 2 aliphatic rings. The summed E-state index contributed by atoms with van der Waals surface area (Å²) >= 11 is 0. The number of carbonyl (C=O) groups excluding carboxylic acids is 1. The van der Waals surface area contributed by atoms with Gasteiger partial charge in [0.2, 0.25) is 17.6 Å². The van der Waals surface area contributed by atoms with Crippen LogP contribution < -0.4 is 9.64 Å². The average Bonchev–Trinajstić information content (AvgIpc) is 3.53. The Bertz CT molecular complexity index is 1070. The summed E-state index contributed by atoms with van der Waals surface area (Å²) in [7, 11) is 0. The van der Waals surface area contributed by atoms with Crippen LogP contribution >= 0.6 is 0 Å². The third-order valence-corrected chi connectivity index (χ3v) is 6.19. The maximum atomic E-state index is 12.7. The van der Waals surface area contributed by atoms with Gasteiger partial charge in [-0.25, -0.2) is 0 Å². The fourth-order valence-electron chi connectivity index (χ4n) is 4.40. The predicted molar refractivity (Wildman–Crippen MR) is 118 cm³/mol. The van der Waals surface area contributed by atoms with Gasteiger partial charge in [-0.05, 0) is 73.2 Å². The minimum absolute atomic E-state index is 0.0846. The van der Waals surface area contributed by atoms with Gasteiger partial charge in [0.25, 0.3) is 0 Å². The van der Waals surface area contributed by atoms with Crippen LogP contribution in [0, 0.1) is 0 Å². The van der Waals surface area contributed by atoms with E-state index in [-0.39, 0.29) is 11.8 Å². The molecule has 3 aromatic rings. The zero-order valence-corrected chi connectivity index (χ0v) is 17.8. The van der Waals surface area contributed by atoms with E-state index in [4.69, 9.17) is 9.26 Å². The topological polar surface area (TPSA) is 68.5 Å². The summed E-state index contributed by atoms with van der Waals surface area (Å²) in [6.07, 6.45) is 5.98. The minimum Gasteiger partial charge on any atom is -0.494 e. The molecule has 2 heterocycles. The lowest BCUT2D eigenvalue weighted by Crippen LogP contribution is -2.24. The highest BCUT2D eigenvalue weighted by atomic mass is 16.5. The van der Waals surface area contributed by atoms with E-state index in [1.54, 1.807) is 0 Å². The molecule has 160 valence electrons. The maximum Gasteiger partial charge on any atom is 0.232 e. The van der Waals surface area contributed by atoms with Gasteiger partial charge in [0.15, 0.2) is 0 Å². The molecule has 31 heavy (non-hydrogen) atoms. The normalized spacial score (nSPS) is 17.9. The van der Waals surface area contributed by atoms with Crippen molar-refractivity contribution in [3.05, 3.63) is 59.5 Å². The highest BCUT2D eigenvalue weighted by Crippen LogP contribution is 2.34. The molecule has 1 aromatic heterocycles. The van der Waals surface area contributed by atoms with Gasteiger partial charge in [0.05, 0.1) is 12.5 Å². The van der Waals surface area contributed by atoms with Gasteiger partial charge in [0.1, 0.15) is 5.75 Å². The Morgan fingerprint density at radius 3 is 2.81 bits per heavy atom. The van der Waals surface area contributed by atoms with Crippen molar-refractivity contribution in [2.75, 3.05) is 18.1 Å². The van der Waals surface area contributed by atoms with E-state index in [1.165, 1.54) is 17.5 Å². The first kappa shape index (κ1) is 19.8. The van der Waals surface area contributed by atoms with Crippen molar-refractivity contribution >= 4 is 11.6 Å². The van der Waals surface area contributed by atoms with Crippen molar-refractivity contribution in [2.24, 2.45) is 0 Å². The van der Waals surface area contributed by atoms with Crippen molar-refractivity contribution in [3.63, 3.8) is 0 Å². The lowest BCUT2D eigenvalue weighted by molar-refractivity contribution is -0.117. The van der Waals surface area contributed by atoms with Crippen LogP contribution in [0.5, 0.6) is 5.75 Å². The number of unbranched alkanes of at least 4 members (excludes halogenated alkanes) is 1. The first-order valence-electron chi connectivity index (χ1n) is 11.2. The highest BCUT2D eigenvalue weighted by molar-refractivity contribution is 5.96. The van der Waals surface area contributed by atoms with Crippen molar-refractivity contribution in [1.82, 2.24) is 10.1 Å². The molecule has 0 bridgehead atoms. The summed E-state index contributed by atoms with van der Waals surface area (Å²) in [5.41, 5.74) is 4.63. The number of carbonyl (C=O) groups is 1. The molecule has 0 radical (unpaired) electrons. The molecule has 0 saturated carbocycles. The van der Waals surface area contributed by atoms with E-state index in [9.17, 15) is 4.79 Å². The monoisotopic (exact) mass is 417 g/mol. The van der Waals surface area contributed by atoms with Gasteiger partial charge in [0, 0.05) is 24.2 Å². The molecule has 1 fully saturated rings. The van der Waals surface area contributed by atoms with Crippen LogP contribution in [0.15, 0.2) is 47.0 Å². The molecule has 5 rings (SSSR count). The van der Waals surface area contributed by atoms with Crippen molar-refractivity contribution < 1.29 is 14.1 Å². The smallest absolute Gasteiger partial charge is 0.232 e. The van der Waals surface area contributed by atoms with Crippen molar-refractivity contribution in [1.29, 1.82) is 0 Å². The summed E-state index contributed by atoms with van der Waals surface area (Å²) in [5, 5.41) is 4.15. The number of anilines is 1. The number of fused-ring (bicyclic) bond motifs is 1. The summed E-state index contributed by atoms with van der Waals surface area (Å²) in [4.78, 5) is 19.2. The van der Waals surface area contributed by atoms with Crippen LogP contribution in [-0.2, 0) is 17.6 Å². The van der Waals surface area contributed by atoms with Crippen LogP contribution in [0.25, 0.3) is 11.4 Å². The van der Waals surface area contributed by atoms with Crippen molar-refractivity contribution in [3.8, 4) is 17.1 Å². The molecule has 6 heteroatoms. The van der Waals surface area contributed by atoms with E-state index in [0.29, 0.717) is 24.7 Å². The Kier molecular flexibility index (Phi) is 5.45. The Hall–Kier alpha value is -3.15. The molecule has 2 aromatic carbocycles. The summed E-state index contributed by atoms with van der Waals surface area (Å²) in [5.74, 6) is 1.93. The fraction of sp³-hybridized carbons (Fsp3) is 0.400. The second-order valence-electron chi connectivity index (χ2n) is 8.39. The molecular formula is C25H27N3O3. The SMILES string of the molecule is CCCCOc1ccc(-c2noc(C3CC(=O)N(c4ccc5c(c4)CCC5)C3)n2)cc1. The van der Waals surface area contributed by atoms with Gasteiger partial charge in [-0.15, -0.1) is 0 Å². The standard InChI is InChI=1S/C25H27N3O3/c1-2-3-13-30-22-11-8-18(9-12-22)24-26-25(31-27-24)20-15-23(29)28(16-20)21-10-7-17-5-4-6-19(17)14-21/h7-12,14,20H,2-6,13,15-16H2,1H3. The first-order chi connectivity index (χ1) is 15.2. The predicted octanol–water partition coefficient (Wildman–Crippen LogP) is 4.92.